The molecule has 0 bridgehead atoms. The molecule has 162 valence electrons. The first-order valence-corrected chi connectivity index (χ1v) is 10.5. The summed E-state index contributed by atoms with van der Waals surface area (Å²) in [7, 11) is 0. The van der Waals surface area contributed by atoms with Gasteiger partial charge in [0.15, 0.2) is 12.6 Å². The van der Waals surface area contributed by atoms with Crippen LogP contribution in [0.15, 0.2) is 60.7 Å². The number of amides is 3. The van der Waals surface area contributed by atoms with E-state index in [9.17, 15) is 19.2 Å². The van der Waals surface area contributed by atoms with E-state index in [0.29, 0.717) is 11.1 Å². The Bertz CT molecular complexity index is 908. The zero-order valence-corrected chi connectivity index (χ0v) is 17.2. The van der Waals surface area contributed by atoms with Gasteiger partial charge in [0.1, 0.15) is 0 Å². The molecule has 2 aromatic rings. The van der Waals surface area contributed by atoms with Gasteiger partial charge in [-0.25, -0.2) is 4.79 Å². The maximum absolute atomic E-state index is 12.7. The number of nitrogens with one attached hydrogen (secondary N) is 2. The highest BCUT2D eigenvalue weighted by Gasteiger charge is 2.27. The van der Waals surface area contributed by atoms with Gasteiger partial charge in [0.2, 0.25) is 5.91 Å². The summed E-state index contributed by atoms with van der Waals surface area (Å²) in [5.74, 6) is -2.39. The lowest BCUT2D eigenvalue weighted by Gasteiger charge is -2.20. The summed E-state index contributed by atoms with van der Waals surface area (Å²) in [6.07, 6.45) is 4.58. The molecule has 2 N–H and O–H groups in total. The molecule has 3 rings (SSSR count). The zero-order chi connectivity index (χ0) is 22.1. The van der Waals surface area contributed by atoms with Gasteiger partial charge in [-0.2, -0.15) is 0 Å². The van der Waals surface area contributed by atoms with E-state index < -0.39 is 30.4 Å². The Balaban J connectivity index is 1.60. The van der Waals surface area contributed by atoms with Crippen LogP contribution in [0.2, 0.25) is 0 Å². The number of esters is 1. The number of ether oxygens (including phenoxy) is 1. The summed E-state index contributed by atoms with van der Waals surface area (Å²) < 4.78 is 5.13. The van der Waals surface area contributed by atoms with Gasteiger partial charge >= 0.3 is 5.97 Å². The van der Waals surface area contributed by atoms with Gasteiger partial charge in [-0.05, 0) is 30.5 Å². The summed E-state index contributed by atoms with van der Waals surface area (Å²) in [6.45, 7) is -0.595. The fraction of sp³-hybridized carbons (Fsp3) is 0.333. The molecule has 1 atom stereocenters. The van der Waals surface area contributed by atoms with E-state index in [2.05, 4.69) is 10.6 Å². The highest BCUT2D eigenvalue weighted by Crippen LogP contribution is 2.23. The van der Waals surface area contributed by atoms with E-state index in [1.807, 2.05) is 0 Å². The van der Waals surface area contributed by atoms with Gasteiger partial charge < -0.3 is 10.1 Å². The predicted octanol–water partition coefficient (Wildman–Crippen LogP) is 2.92. The quantitative estimate of drug-likeness (QED) is 0.668. The molecule has 31 heavy (non-hydrogen) atoms. The molecule has 0 spiro atoms. The SMILES string of the molecule is O=C(COC(=O)C(NC(=O)c1ccccc1)c1ccccc1)NC(=O)C1CCCCC1. The van der Waals surface area contributed by atoms with Crippen LogP contribution in [-0.4, -0.2) is 30.3 Å². The third-order valence-electron chi connectivity index (χ3n) is 5.26. The summed E-state index contributed by atoms with van der Waals surface area (Å²) in [6, 6.07) is 16.0. The van der Waals surface area contributed by atoms with Crippen molar-refractivity contribution in [3.05, 3.63) is 71.8 Å². The number of imide groups is 1. The Kier molecular flexibility index (Phi) is 7.92. The molecule has 2 aromatic carbocycles. The molecule has 7 heteroatoms. The maximum atomic E-state index is 12.7. The molecule has 1 saturated carbocycles. The molecule has 1 aliphatic carbocycles. The summed E-state index contributed by atoms with van der Waals surface area (Å²) in [4.78, 5) is 49.5. The fourth-order valence-electron chi connectivity index (χ4n) is 3.59. The van der Waals surface area contributed by atoms with E-state index in [4.69, 9.17) is 4.74 Å². The van der Waals surface area contributed by atoms with Crippen molar-refractivity contribution in [2.45, 2.75) is 38.1 Å². The third-order valence-corrected chi connectivity index (χ3v) is 5.26. The Morgan fingerprint density at radius 3 is 2.13 bits per heavy atom. The first-order chi connectivity index (χ1) is 15.0. The van der Waals surface area contributed by atoms with Crippen molar-refractivity contribution in [3.63, 3.8) is 0 Å². The van der Waals surface area contributed by atoms with Crippen molar-refractivity contribution < 1.29 is 23.9 Å². The summed E-state index contributed by atoms with van der Waals surface area (Å²) in [5, 5.41) is 4.96. The van der Waals surface area contributed by atoms with Crippen molar-refractivity contribution in [2.75, 3.05) is 6.61 Å². The van der Waals surface area contributed by atoms with Gasteiger partial charge in [0.05, 0.1) is 0 Å². The largest absolute Gasteiger partial charge is 0.454 e. The van der Waals surface area contributed by atoms with Gasteiger partial charge in [-0.3, -0.25) is 19.7 Å². The van der Waals surface area contributed by atoms with E-state index in [1.165, 1.54) is 0 Å². The van der Waals surface area contributed by atoms with Crippen molar-refractivity contribution in [3.8, 4) is 0 Å². The van der Waals surface area contributed by atoms with Crippen LogP contribution in [0, 0.1) is 5.92 Å². The molecule has 0 radical (unpaired) electrons. The monoisotopic (exact) mass is 422 g/mol. The third kappa shape index (κ3) is 6.50. The predicted molar refractivity (Wildman–Crippen MR) is 114 cm³/mol. The van der Waals surface area contributed by atoms with Gasteiger partial charge in [-0.1, -0.05) is 67.8 Å². The van der Waals surface area contributed by atoms with Crippen LogP contribution < -0.4 is 10.6 Å². The van der Waals surface area contributed by atoms with E-state index in [0.717, 1.165) is 32.1 Å². The topological polar surface area (TPSA) is 102 Å². The smallest absolute Gasteiger partial charge is 0.333 e. The number of hydrogen-bond donors (Lipinski definition) is 2. The lowest BCUT2D eigenvalue weighted by molar-refractivity contribution is -0.151. The van der Waals surface area contributed by atoms with Crippen LogP contribution in [0.25, 0.3) is 0 Å². The Hall–Kier alpha value is -3.48. The second kappa shape index (κ2) is 11.1. The normalized spacial score (nSPS) is 14.8. The molecule has 1 fully saturated rings. The van der Waals surface area contributed by atoms with Gasteiger partial charge in [0, 0.05) is 11.5 Å². The van der Waals surface area contributed by atoms with Crippen molar-refractivity contribution in [1.82, 2.24) is 10.6 Å². The first-order valence-electron chi connectivity index (χ1n) is 10.5. The molecule has 0 aromatic heterocycles. The van der Waals surface area contributed by atoms with Crippen molar-refractivity contribution in [2.24, 2.45) is 5.92 Å². The molecule has 1 aliphatic rings. The number of carbonyl (C=O) groups is 4. The minimum atomic E-state index is -1.09. The summed E-state index contributed by atoms with van der Waals surface area (Å²) >= 11 is 0. The molecular formula is C24H26N2O5. The highest BCUT2D eigenvalue weighted by molar-refractivity contribution is 5.99. The fourth-order valence-corrected chi connectivity index (χ4v) is 3.59. The van der Waals surface area contributed by atoms with E-state index >= 15 is 0 Å². The molecule has 1 unspecified atom stereocenters. The number of benzene rings is 2. The minimum Gasteiger partial charge on any atom is -0.454 e. The van der Waals surface area contributed by atoms with Gasteiger partial charge in [0.25, 0.3) is 11.8 Å². The Morgan fingerprint density at radius 2 is 1.48 bits per heavy atom. The first kappa shape index (κ1) is 22.2. The number of hydrogen-bond acceptors (Lipinski definition) is 5. The van der Waals surface area contributed by atoms with Crippen LogP contribution in [-0.2, 0) is 19.1 Å². The average molecular weight is 422 g/mol. The lowest BCUT2D eigenvalue weighted by Crippen LogP contribution is -2.40. The molecule has 7 nitrogen and oxygen atoms in total. The standard InChI is InChI=1S/C24H26N2O5/c27-20(25-22(28)18-12-6-2-7-13-18)16-31-24(30)21(17-10-4-1-5-11-17)26-23(29)19-14-8-3-9-15-19/h1,3-5,8-11,14-15,18,21H,2,6-7,12-13,16H2,(H,26,29)(H,25,27,28). The van der Waals surface area contributed by atoms with Crippen molar-refractivity contribution in [1.29, 1.82) is 0 Å². The maximum Gasteiger partial charge on any atom is 0.333 e. The summed E-state index contributed by atoms with van der Waals surface area (Å²) in [5.41, 5.74) is 0.919. The second-order valence-electron chi connectivity index (χ2n) is 7.54. The molecule has 0 saturated heterocycles. The van der Waals surface area contributed by atoms with E-state index in [-0.39, 0.29) is 11.8 Å². The zero-order valence-electron chi connectivity index (χ0n) is 17.2. The molecule has 3 amide bonds. The highest BCUT2D eigenvalue weighted by atomic mass is 16.5. The van der Waals surface area contributed by atoms with E-state index in [1.54, 1.807) is 60.7 Å². The van der Waals surface area contributed by atoms with Crippen LogP contribution in [0.4, 0.5) is 0 Å². The van der Waals surface area contributed by atoms with Crippen molar-refractivity contribution >= 4 is 23.7 Å². The number of carbonyl (C=O) groups excluding carboxylic acids is 4. The lowest BCUT2D eigenvalue weighted by atomic mass is 9.89. The Morgan fingerprint density at radius 1 is 0.871 bits per heavy atom. The molecular weight excluding hydrogens is 396 g/mol. The van der Waals surface area contributed by atoms with Crippen LogP contribution in [0.1, 0.15) is 54.1 Å². The number of rotatable bonds is 7. The average Bonchev–Trinajstić information content (AvgIpc) is 2.82. The van der Waals surface area contributed by atoms with Crippen LogP contribution in [0.3, 0.4) is 0 Å². The van der Waals surface area contributed by atoms with Crippen LogP contribution in [0.5, 0.6) is 0 Å². The molecule has 0 heterocycles. The second-order valence-corrected chi connectivity index (χ2v) is 7.54. The van der Waals surface area contributed by atoms with Crippen LogP contribution >= 0.6 is 0 Å². The Labute approximate surface area is 181 Å². The molecule has 0 aliphatic heterocycles. The van der Waals surface area contributed by atoms with Gasteiger partial charge in [-0.15, -0.1) is 0 Å². The minimum absolute atomic E-state index is 0.171.